The summed E-state index contributed by atoms with van der Waals surface area (Å²) < 4.78 is 15.2. The minimum Gasteiger partial charge on any atom is -0.292 e. The second kappa shape index (κ2) is 5.38. The van der Waals surface area contributed by atoms with Gasteiger partial charge < -0.3 is 0 Å². The maximum Gasteiger partial charge on any atom is 0.263 e. The molecule has 0 aliphatic rings. The van der Waals surface area contributed by atoms with E-state index in [0.29, 0.717) is 11.2 Å². The predicted octanol–water partition coefficient (Wildman–Crippen LogP) is 2.11. The van der Waals surface area contributed by atoms with Gasteiger partial charge in [0.2, 0.25) is 5.95 Å². The van der Waals surface area contributed by atoms with E-state index in [4.69, 9.17) is 0 Å². The van der Waals surface area contributed by atoms with Crippen molar-refractivity contribution in [3.05, 3.63) is 30.6 Å². The second-order valence-corrected chi connectivity index (χ2v) is 5.67. The number of alkyl halides is 1. The van der Waals surface area contributed by atoms with Crippen molar-refractivity contribution in [1.82, 2.24) is 25.0 Å². The standard InChI is InChI=1S/C15H15FN6O/c1-15(2,16)13(23)19-14-17-7-10-5-4-9(6-11(10)18-14)12-8-22(3)21-20-12/h4-8H,1-3H3,(H,17,18,19,23). The van der Waals surface area contributed by atoms with Crippen molar-refractivity contribution in [2.45, 2.75) is 19.5 Å². The van der Waals surface area contributed by atoms with Gasteiger partial charge >= 0.3 is 0 Å². The number of aryl methyl sites for hydroxylation is 1. The molecule has 8 heteroatoms. The van der Waals surface area contributed by atoms with Crippen LogP contribution in [0.1, 0.15) is 13.8 Å². The second-order valence-electron chi connectivity index (χ2n) is 5.67. The van der Waals surface area contributed by atoms with Crippen LogP contribution in [0.5, 0.6) is 0 Å². The first-order valence-electron chi connectivity index (χ1n) is 6.97. The van der Waals surface area contributed by atoms with Crippen LogP contribution in [0.4, 0.5) is 10.3 Å². The minimum absolute atomic E-state index is 0.0597. The highest BCUT2D eigenvalue weighted by atomic mass is 19.1. The SMILES string of the molecule is Cn1cc(-c2ccc3cnc(NC(=O)C(C)(C)F)nc3c2)nn1. The molecule has 1 N–H and O–H groups in total. The zero-order chi connectivity index (χ0) is 16.6. The topological polar surface area (TPSA) is 85.6 Å². The average molecular weight is 314 g/mol. The molecule has 0 bridgehead atoms. The Labute approximate surface area is 131 Å². The summed E-state index contributed by atoms with van der Waals surface area (Å²) >= 11 is 0. The molecule has 2 heterocycles. The number of benzene rings is 1. The van der Waals surface area contributed by atoms with Gasteiger partial charge in [0.25, 0.3) is 5.91 Å². The fourth-order valence-electron chi connectivity index (χ4n) is 1.97. The third-order valence-electron chi connectivity index (χ3n) is 3.25. The number of hydrogen-bond donors (Lipinski definition) is 1. The molecule has 7 nitrogen and oxygen atoms in total. The smallest absolute Gasteiger partial charge is 0.263 e. The van der Waals surface area contributed by atoms with Crippen LogP contribution in [0.25, 0.3) is 22.2 Å². The van der Waals surface area contributed by atoms with Gasteiger partial charge in [-0.2, -0.15) is 0 Å². The Balaban J connectivity index is 1.96. The average Bonchev–Trinajstić information content (AvgIpc) is 2.92. The summed E-state index contributed by atoms with van der Waals surface area (Å²) in [7, 11) is 1.78. The largest absolute Gasteiger partial charge is 0.292 e. The molecule has 1 aromatic carbocycles. The van der Waals surface area contributed by atoms with Crippen LogP contribution in [0.15, 0.2) is 30.6 Å². The summed E-state index contributed by atoms with van der Waals surface area (Å²) in [5.74, 6) is -0.730. The van der Waals surface area contributed by atoms with E-state index in [0.717, 1.165) is 10.9 Å². The molecule has 118 valence electrons. The molecule has 2 aromatic heterocycles. The summed E-state index contributed by atoms with van der Waals surface area (Å²) in [6, 6.07) is 5.56. The monoisotopic (exact) mass is 314 g/mol. The van der Waals surface area contributed by atoms with Crippen molar-refractivity contribution < 1.29 is 9.18 Å². The Kier molecular flexibility index (Phi) is 3.51. The summed E-state index contributed by atoms with van der Waals surface area (Å²) in [6.07, 6.45) is 3.36. The van der Waals surface area contributed by atoms with E-state index in [1.54, 1.807) is 24.1 Å². The van der Waals surface area contributed by atoms with Crippen LogP contribution in [0.3, 0.4) is 0 Å². The Morgan fingerprint density at radius 2 is 2.13 bits per heavy atom. The third-order valence-corrected chi connectivity index (χ3v) is 3.25. The lowest BCUT2D eigenvalue weighted by atomic mass is 10.1. The Hall–Kier alpha value is -2.90. The first-order valence-corrected chi connectivity index (χ1v) is 6.97. The minimum atomic E-state index is -2.00. The number of hydrogen-bond acceptors (Lipinski definition) is 5. The molecule has 3 aromatic rings. The third kappa shape index (κ3) is 3.15. The van der Waals surface area contributed by atoms with Gasteiger partial charge in [0, 0.05) is 24.2 Å². The van der Waals surface area contributed by atoms with Crippen molar-refractivity contribution >= 4 is 22.8 Å². The molecule has 0 spiro atoms. The van der Waals surface area contributed by atoms with Gasteiger partial charge in [0.1, 0.15) is 5.69 Å². The first-order chi connectivity index (χ1) is 10.8. The van der Waals surface area contributed by atoms with Crippen LogP contribution < -0.4 is 5.32 Å². The van der Waals surface area contributed by atoms with E-state index < -0.39 is 11.6 Å². The molecule has 0 radical (unpaired) electrons. The predicted molar refractivity (Wildman–Crippen MR) is 83.4 cm³/mol. The van der Waals surface area contributed by atoms with Gasteiger partial charge in [-0.15, -0.1) is 5.10 Å². The summed E-state index contributed by atoms with van der Waals surface area (Å²) in [6.45, 7) is 2.35. The Morgan fingerprint density at radius 3 is 2.78 bits per heavy atom. The fourth-order valence-corrected chi connectivity index (χ4v) is 1.97. The van der Waals surface area contributed by atoms with E-state index in [1.807, 2.05) is 18.2 Å². The van der Waals surface area contributed by atoms with Gasteiger partial charge in [-0.1, -0.05) is 17.3 Å². The molecule has 0 saturated heterocycles. The summed E-state index contributed by atoms with van der Waals surface area (Å²) in [4.78, 5) is 20.0. The summed E-state index contributed by atoms with van der Waals surface area (Å²) in [5.41, 5.74) is 0.172. The van der Waals surface area contributed by atoms with E-state index in [2.05, 4.69) is 25.6 Å². The van der Waals surface area contributed by atoms with E-state index in [-0.39, 0.29) is 5.95 Å². The molecule has 0 atom stereocenters. The lowest BCUT2D eigenvalue weighted by Crippen LogP contribution is -2.33. The van der Waals surface area contributed by atoms with Crippen LogP contribution in [0, 0.1) is 0 Å². The number of carbonyl (C=O) groups is 1. The molecule has 0 unspecified atom stereocenters. The maximum absolute atomic E-state index is 13.6. The quantitative estimate of drug-likeness (QED) is 0.800. The van der Waals surface area contributed by atoms with Crippen molar-refractivity contribution in [1.29, 1.82) is 0 Å². The highest BCUT2D eigenvalue weighted by molar-refractivity contribution is 5.96. The van der Waals surface area contributed by atoms with Crippen molar-refractivity contribution in [2.24, 2.45) is 7.05 Å². The number of nitrogens with one attached hydrogen (secondary N) is 1. The molecule has 3 rings (SSSR count). The Bertz CT molecular complexity index is 883. The molecule has 23 heavy (non-hydrogen) atoms. The van der Waals surface area contributed by atoms with Gasteiger partial charge in [-0.25, -0.2) is 14.4 Å². The first kappa shape index (κ1) is 15.0. The van der Waals surface area contributed by atoms with Gasteiger partial charge in [0.05, 0.1) is 11.7 Å². The van der Waals surface area contributed by atoms with E-state index in [9.17, 15) is 9.18 Å². The molecule has 0 saturated carbocycles. The molecule has 1 amide bonds. The number of rotatable bonds is 3. The summed E-state index contributed by atoms with van der Waals surface area (Å²) in [5, 5.41) is 11.1. The van der Waals surface area contributed by atoms with Gasteiger partial charge in [-0.3, -0.25) is 14.8 Å². The normalized spacial score (nSPS) is 11.7. The highest BCUT2D eigenvalue weighted by Gasteiger charge is 2.27. The molecule has 0 aliphatic heterocycles. The van der Waals surface area contributed by atoms with Crippen molar-refractivity contribution in [3.63, 3.8) is 0 Å². The van der Waals surface area contributed by atoms with Gasteiger partial charge in [-0.05, 0) is 19.9 Å². The number of carbonyl (C=O) groups excluding carboxylic acids is 1. The van der Waals surface area contributed by atoms with Crippen LogP contribution >= 0.6 is 0 Å². The number of amides is 1. The van der Waals surface area contributed by atoms with E-state index in [1.165, 1.54) is 13.8 Å². The van der Waals surface area contributed by atoms with E-state index >= 15 is 0 Å². The Morgan fingerprint density at radius 1 is 1.35 bits per heavy atom. The number of anilines is 1. The molecule has 0 aliphatic carbocycles. The zero-order valence-electron chi connectivity index (χ0n) is 12.9. The van der Waals surface area contributed by atoms with Crippen LogP contribution in [-0.2, 0) is 11.8 Å². The lowest BCUT2D eigenvalue weighted by Gasteiger charge is -2.13. The van der Waals surface area contributed by atoms with Gasteiger partial charge in [0.15, 0.2) is 5.67 Å². The van der Waals surface area contributed by atoms with Crippen LogP contribution in [-0.4, -0.2) is 36.5 Å². The lowest BCUT2D eigenvalue weighted by molar-refractivity contribution is -0.125. The maximum atomic E-state index is 13.6. The van der Waals surface area contributed by atoms with Crippen LogP contribution in [0.2, 0.25) is 0 Å². The highest BCUT2D eigenvalue weighted by Crippen LogP contribution is 2.22. The number of nitrogens with zero attached hydrogens (tertiary/aromatic N) is 5. The van der Waals surface area contributed by atoms with Crippen molar-refractivity contribution in [3.8, 4) is 11.3 Å². The van der Waals surface area contributed by atoms with Crippen molar-refractivity contribution in [2.75, 3.05) is 5.32 Å². The molecular formula is C15H15FN6O. The number of fused-ring (bicyclic) bond motifs is 1. The molecular weight excluding hydrogens is 299 g/mol. The zero-order valence-corrected chi connectivity index (χ0v) is 12.9. The number of halogens is 1. The molecule has 0 fully saturated rings. The number of aromatic nitrogens is 5. The fraction of sp³-hybridized carbons (Fsp3) is 0.267.